The molecular formula is C15H10O5. The van der Waals surface area contributed by atoms with Crippen molar-refractivity contribution in [3.05, 3.63) is 60.2 Å². The number of ketones is 1. The Kier molecular flexibility index (Phi) is 4.24. The molecule has 0 aliphatic rings. The summed E-state index contributed by atoms with van der Waals surface area (Å²) < 4.78 is 9.86. The summed E-state index contributed by atoms with van der Waals surface area (Å²) >= 11 is 0. The maximum absolute atomic E-state index is 11.6. The summed E-state index contributed by atoms with van der Waals surface area (Å²) in [4.78, 5) is 33.5. The predicted octanol–water partition coefficient (Wildman–Crippen LogP) is 2.65. The van der Waals surface area contributed by atoms with E-state index in [9.17, 15) is 14.4 Å². The van der Waals surface area contributed by atoms with Gasteiger partial charge in [-0.2, -0.15) is 0 Å². The first-order valence-electron chi connectivity index (χ1n) is 5.74. The first-order valence-corrected chi connectivity index (χ1v) is 5.74. The van der Waals surface area contributed by atoms with E-state index < -0.39 is 11.9 Å². The number of carbonyl (C=O) groups is 3. The number of carbonyl (C=O) groups excluding carboxylic acids is 3. The van der Waals surface area contributed by atoms with Crippen LogP contribution in [0.3, 0.4) is 0 Å². The number of benzene rings is 2. The first-order chi connectivity index (χ1) is 9.70. The van der Waals surface area contributed by atoms with Gasteiger partial charge in [-0.3, -0.25) is 9.59 Å². The standard InChI is InChI=1S/C15H10O5/c16-10-13(17)12-8-4-5-9-14(12)20-15(18)19-11-6-2-1-3-7-11/h1-10H. The number of Topliss-reactive ketones (excluding diaryl/α,β-unsaturated/α-hetero) is 1. The van der Waals surface area contributed by atoms with Crippen LogP contribution in [0.2, 0.25) is 0 Å². The second kappa shape index (κ2) is 6.29. The van der Waals surface area contributed by atoms with E-state index in [0.717, 1.165) is 0 Å². The Labute approximate surface area is 114 Å². The fourth-order valence-electron chi connectivity index (χ4n) is 1.52. The molecule has 0 saturated heterocycles. The molecule has 0 aromatic heterocycles. The van der Waals surface area contributed by atoms with E-state index >= 15 is 0 Å². The minimum Gasteiger partial charge on any atom is -0.395 e. The second-order valence-electron chi connectivity index (χ2n) is 3.75. The monoisotopic (exact) mass is 270 g/mol. The van der Waals surface area contributed by atoms with Crippen molar-refractivity contribution in [3.8, 4) is 11.5 Å². The molecule has 2 aromatic rings. The van der Waals surface area contributed by atoms with Gasteiger partial charge in [-0.05, 0) is 24.3 Å². The van der Waals surface area contributed by atoms with Crippen LogP contribution in [0.5, 0.6) is 11.5 Å². The van der Waals surface area contributed by atoms with Gasteiger partial charge < -0.3 is 9.47 Å². The molecule has 20 heavy (non-hydrogen) atoms. The van der Waals surface area contributed by atoms with E-state index in [1.54, 1.807) is 42.5 Å². The smallest absolute Gasteiger partial charge is 0.395 e. The summed E-state index contributed by atoms with van der Waals surface area (Å²) in [6, 6.07) is 14.3. The van der Waals surface area contributed by atoms with Crippen molar-refractivity contribution < 1.29 is 23.9 Å². The van der Waals surface area contributed by atoms with Crippen LogP contribution in [-0.4, -0.2) is 18.2 Å². The first kappa shape index (κ1) is 13.5. The number of ether oxygens (including phenoxy) is 2. The normalized spacial score (nSPS) is 9.60. The third-order valence-corrected chi connectivity index (χ3v) is 2.40. The molecule has 0 aliphatic heterocycles. The van der Waals surface area contributed by atoms with Crippen molar-refractivity contribution >= 4 is 18.2 Å². The lowest BCUT2D eigenvalue weighted by Gasteiger charge is -2.07. The highest BCUT2D eigenvalue weighted by Gasteiger charge is 2.15. The highest BCUT2D eigenvalue weighted by molar-refractivity contribution is 6.34. The van der Waals surface area contributed by atoms with Gasteiger partial charge in [0.2, 0.25) is 5.78 Å². The van der Waals surface area contributed by atoms with Gasteiger partial charge in [0, 0.05) is 0 Å². The van der Waals surface area contributed by atoms with Gasteiger partial charge in [0.15, 0.2) is 6.29 Å². The number of rotatable bonds is 4. The zero-order valence-corrected chi connectivity index (χ0v) is 10.3. The lowest BCUT2D eigenvalue weighted by atomic mass is 10.1. The van der Waals surface area contributed by atoms with E-state index in [-0.39, 0.29) is 17.6 Å². The Bertz CT molecular complexity index is 634. The quantitative estimate of drug-likeness (QED) is 0.281. The fraction of sp³-hybridized carbons (Fsp3) is 0. The molecule has 0 unspecified atom stereocenters. The third-order valence-electron chi connectivity index (χ3n) is 2.40. The van der Waals surface area contributed by atoms with Gasteiger partial charge >= 0.3 is 6.16 Å². The van der Waals surface area contributed by atoms with Crippen molar-refractivity contribution in [3.63, 3.8) is 0 Å². The molecule has 0 radical (unpaired) electrons. The van der Waals surface area contributed by atoms with Gasteiger partial charge in [0.25, 0.3) is 0 Å². The van der Waals surface area contributed by atoms with E-state index in [4.69, 9.17) is 9.47 Å². The average molecular weight is 270 g/mol. The molecule has 0 spiro atoms. The van der Waals surface area contributed by atoms with E-state index in [1.807, 2.05) is 0 Å². The fourth-order valence-corrected chi connectivity index (χ4v) is 1.52. The van der Waals surface area contributed by atoms with Crippen molar-refractivity contribution in [1.29, 1.82) is 0 Å². The molecule has 2 rings (SSSR count). The Morgan fingerprint density at radius 3 is 2.20 bits per heavy atom. The van der Waals surface area contributed by atoms with Crippen molar-refractivity contribution in [2.24, 2.45) is 0 Å². The Morgan fingerprint density at radius 2 is 1.50 bits per heavy atom. The number of hydrogen-bond acceptors (Lipinski definition) is 5. The molecule has 0 aliphatic carbocycles. The summed E-state index contributed by atoms with van der Waals surface area (Å²) in [6.45, 7) is 0. The molecule has 2 aromatic carbocycles. The van der Waals surface area contributed by atoms with E-state index in [2.05, 4.69) is 0 Å². The van der Waals surface area contributed by atoms with Crippen LogP contribution in [0.4, 0.5) is 4.79 Å². The summed E-state index contributed by atoms with van der Waals surface area (Å²) in [7, 11) is 0. The summed E-state index contributed by atoms with van der Waals surface area (Å²) in [5, 5.41) is 0. The van der Waals surface area contributed by atoms with Crippen LogP contribution in [0.25, 0.3) is 0 Å². The molecule has 0 saturated carbocycles. The van der Waals surface area contributed by atoms with E-state index in [1.165, 1.54) is 12.1 Å². The Hall–Kier alpha value is -2.95. The number of hydrogen-bond donors (Lipinski definition) is 0. The zero-order chi connectivity index (χ0) is 14.4. The molecule has 0 N–H and O–H groups in total. The van der Waals surface area contributed by atoms with Crippen molar-refractivity contribution in [2.45, 2.75) is 0 Å². The molecule has 0 fully saturated rings. The molecule has 5 heteroatoms. The highest BCUT2D eigenvalue weighted by Crippen LogP contribution is 2.19. The van der Waals surface area contributed by atoms with Crippen LogP contribution in [0.15, 0.2) is 54.6 Å². The maximum Gasteiger partial charge on any atom is 0.519 e. The zero-order valence-electron chi connectivity index (χ0n) is 10.3. The topological polar surface area (TPSA) is 69.7 Å². The molecule has 0 amide bonds. The summed E-state index contributed by atoms with van der Waals surface area (Å²) in [5.41, 5.74) is 0.00696. The van der Waals surface area contributed by atoms with Gasteiger partial charge in [-0.1, -0.05) is 30.3 Å². The lowest BCUT2D eigenvalue weighted by molar-refractivity contribution is -0.104. The number of para-hydroxylation sites is 2. The van der Waals surface area contributed by atoms with Gasteiger partial charge in [0.05, 0.1) is 5.56 Å². The SMILES string of the molecule is O=CC(=O)c1ccccc1OC(=O)Oc1ccccc1. The molecular weight excluding hydrogens is 260 g/mol. The van der Waals surface area contributed by atoms with Crippen LogP contribution in [-0.2, 0) is 4.79 Å². The number of aldehydes is 1. The van der Waals surface area contributed by atoms with Crippen LogP contribution >= 0.6 is 0 Å². The minimum atomic E-state index is -0.984. The molecule has 0 atom stereocenters. The lowest BCUT2D eigenvalue weighted by Crippen LogP contribution is -2.15. The van der Waals surface area contributed by atoms with Crippen LogP contribution in [0, 0.1) is 0 Å². The largest absolute Gasteiger partial charge is 0.519 e. The Balaban J connectivity index is 2.12. The van der Waals surface area contributed by atoms with Crippen LogP contribution < -0.4 is 9.47 Å². The van der Waals surface area contributed by atoms with E-state index in [0.29, 0.717) is 5.75 Å². The summed E-state index contributed by atoms with van der Waals surface area (Å²) in [5.74, 6) is -0.477. The highest BCUT2D eigenvalue weighted by atomic mass is 16.7. The predicted molar refractivity (Wildman–Crippen MR) is 69.9 cm³/mol. The second-order valence-corrected chi connectivity index (χ2v) is 3.75. The van der Waals surface area contributed by atoms with Gasteiger partial charge in [0.1, 0.15) is 11.5 Å². The maximum atomic E-state index is 11.6. The van der Waals surface area contributed by atoms with Crippen molar-refractivity contribution in [1.82, 2.24) is 0 Å². The summed E-state index contributed by atoms with van der Waals surface area (Å²) in [6.07, 6.45) is -0.826. The van der Waals surface area contributed by atoms with Crippen molar-refractivity contribution in [2.75, 3.05) is 0 Å². The van der Waals surface area contributed by atoms with Gasteiger partial charge in [-0.25, -0.2) is 4.79 Å². The molecule has 0 bridgehead atoms. The molecule has 5 nitrogen and oxygen atoms in total. The average Bonchev–Trinajstić information content (AvgIpc) is 2.48. The van der Waals surface area contributed by atoms with Crippen LogP contribution in [0.1, 0.15) is 10.4 Å². The molecule has 100 valence electrons. The van der Waals surface area contributed by atoms with Gasteiger partial charge in [-0.15, -0.1) is 0 Å². The third kappa shape index (κ3) is 3.29. The minimum absolute atomic E-state index is 0.00696. The molecule has 0 heterocycles. The Morgan fingerprint density at radius 1 is 0.850 bits per heavy atom.